The number of benzene rings is 2. The number of hydrogen-bond acceptors (Lipinski definition) is 3. The van der Waals surface area contributed by atoms with Gasteiger partial charge < -0.3 is 14.9 Å². The molecule has 1 aliphatic carbocycles. The van der Waals surface area contributed by atoms with Crippen LogP contribution >= 0.6 is 0 Å². The zero-order valence-electron chi connectivity index (χ0n) is 13.2. The summed E-state index contributed by atoms with van der Waals surface area (Å²) in [5.74, 6) is 2.22. The summed E-state index contributed by atoms with van der Waals surface area (Å²) in [5, 5.41) is 19.7. The van der Waals surface area contributed by atoms with Gasteiger partial charge in [-0.2, -0.15) is 0 Å². The Kier molecular flexibility index (Phi) is 3.73. The van der Waals surface area contributed by atoms with E-state index >= 15 is 0 Å². The largest absolute Gasteiger partial charge is 0.508 e. The summed E-state index contributed by atoms with van der Waals surface area (Å²) in [4.78, 5) is 0. The molecule has 116 valence electrons. The van der Waals surface area contributed by atoms with Gasteiger partial charge in [0.1, 0.15) is 5.75 Å². The van der Waals surface area contributed by atoms with E-state index in [1.807, 2.05) is 24.3 Å². The minimum absolute atomic E-state index is 0.187. The molecule has 2 aromatic rings. The molecule has 3 heteroatoms. The van der Waals surface area contributed by atoms with Crippen molar-refractivity contribution in [3.05, 3.63) is 53.1 Å². The Morgan fingerprint density at radius 3 is 2.36 bits per heavy atom. The third kappa shape index (κ3) is 2.41. The van der Waals surface area contributed by atoms with E-state index in [2.05, 4.69) is 13.8 Å². The van der Waals surface area contributed by atoms with Crippen molar-refractivity contribution in [2.45, 2.75) is 26.2 Å². The molecule has 3 nitrogen and oxygen atoms in total. The van der Waals surface area contributed by atoms with Crippen molar-refractivity contribution in [1.82, 2.24) is 0 Å². The molecular formula is C19H22O3. The quantitative estimate of drug-likeness (QED) is 0.878. The molecule has 0 saturated heterocycles. The Balaban J connectivity index is 2.14. The maximum Gasteiger partial charge on any atom is 0.160 e. The Labute approximate surface area is 131 Å². The second-order valence-corrected chi connectivity index (χ2v) is 6.33. The molecule has 0 fully saturated rings. The predicted molar refractivity (Wildman–Crippen MR) is 86.6 cm³/mol. The number of ether oxygens (including phenoxy) is 1. The van der Waals surface area contributed by atoms with Crippen molar-refractivity contribution < 1.29 is 14.9 Å². The number of phenolic OH excluding ortho intramolecular Hbond substituents is 2. The van der Waals surface area contributed by atoms with Crippen molar-refractivity contribution in [3.8, 4) is 17.2 Å². The van der Waals surface area contributed by atoms with Crippen LogP contribution in [0.5, 0.6) is 17.2 Å². The van der Waals surface area contributed by atoms with Crippen LogP contribution in [0.3, 0.4) is 0 Å². The molecule has 0 aliphatic heterocycles. The predicted octanol–water partition coefficient (Wildman–Crippen LogP) is 4.07. The van der Waals surface area contributed by atoms with Crippen molar-refractivity contribution in [2.75, 3.05) is 7.11 Å². The van der Waals surface area contributed by atoms with E-state index in [1.165, 1.54) is 11.1 Å². The van der Waals surface area contributed by atoms with Crippen LogP contribution in [0.2, 0.25) is 0 Å². The normalized spacial score (nSPS) is 23.9. The molecule has 0 aromatic heterocycles. The summed E-state index contributed by atoms with van der Waals surface area (Å²) >= 11 is 0. The molecule has 0 unspecified atom stereocenters. The molecule has 2 aromatic carbocycles. The van der Waals surface area contributed by atoms with E-state index in [-0.39, 0.29) is 17.4 Å². The van der Waals surface area contributed by atoms with Gasteiger partial charge in [-0.3, -0.25) is 0 Å². The standard InChI is InChI=1S/C19H22O3/c1-11-8-14-9-18(22-3)17(21)10-16(14)19(12(11)2)13-4-6-15(20)7-5-13/h4-7,9-12,19-21H,8H2,1-3H3/t11-,12-,19-/m1/s1. The lowest BCUT2D eigenvalue weighted by Crippen LogP contribution is -2.26. The summed E-state index contributed by atoms with van der Waals surface area (Å²) in [6.07, 6.45) is 0.988. The molecule has 0 radical (unpaired) electrons. The fraction of sp³-hybridized carbons (Fsp3) is 0.368. The molecule has 3 atom stereocenters. The summed E-state index contributed by atoms with van der Waals surface area (Å²) in [6, 6.07) is 11.2. The van der Waals surface area contributed by atoms with Crippen LogP contribution in [0.1, 0.15) is 36.5 Å². The smallest absolute Gasteiger partial charge is 0.160 e. The van der Waals surface area contributed by atoms with Crippen LogP contribution in [0.4, 0.5) is 0 Å². The minimum atomic E-state index is 0.187. The Bertz CT molecular complexity index is 676. The number of rotatable bonds is 2. The fourth-order valence-corrected chi connectivity index (χ4v) is 3.57. The molecule has 0 bridgehead atoms. The zero-order valence-corrected chi connectivity index (χ0v) is 13.2. The van der Waals surface area contributed by atoms with E-state index in [1.54, 1.807) is 19.2 Å². The van der Waals surface area contributed by atoms with Crippen LogP contribution < -0.4 is 4.74 Å². The van der Waals surface area contributed by atoms with Gasteiger partial charge in [-0.15, -0.1) is 0 Å². The Morgan fingerprint density at radius 2 is 1.73 bits per heavy atom. The monoisotopic (exact) mass is 298 g/mol. The van der Waals surface area contributed by atoms with Gasteiger partial charge in [0.2, 0.25) is 0 Å². The summed E-state index contributed by atoms with van der Waals surface area (Å²) in [5.41, 5.74) is 3.57. The number of aromatic hydroxyl groups is 2. The number of hydrogen-bond donors (Lipinski definition) is 2. The molecule has 1 aliphatic rings. The lowest BCUT2D eigenvalue weighted by atomic mass is 9.68. The van der Waals surface area contributed by atoms with Crippen LogP contribution in [0.15, 0.2) is 36.4 Å². The average Bonchev–Trinajstić information content (AvgIpc) is 2.50. The molecule has 22 heavy (non-hydrogen) atoms. The van der Waals surface area contributed by atoms with Crippen molar-refractivity contribution >= 4 is 0 Å². The third-order valence-electron chi connectivity index (χ3n) is 4.99. The number of methoxy groups -OCH3 is 1. The van der Waals surface area contributed by atoms with E-state index in [0.29, 0.717) is 17.6 Å². The lowest BCUT2D eigenvalue weighted by Gasteiger charge is -2.37. The summed E-state index contributed by atoms with van der Waals surface area (Å²) in [6.45, 7) is 4.52. The highest BCUT2D eigenvalue weighted by molar-refractivity contribution is 5.52. The van der Waals surface area contributed by atoms with E-state index < -0.39 is 0 Å². The van der Waals surface area contributed by atoms with Gasteiger partial charge in [0.15, 0.2) is 11.5 Å². The summed E-state index contributed by atoms with van der Waals surface area (Å²) in [7, 11) is 1.58. The number of fused-ring (bicyclic) bond motifs is 1. The van der Waals surface area contributed by atoms with E-state index in [9.17, 15) is 10.2 Å². The third-order valence-corrected chi connectivity index (χ3v) is 4.99. The molecule has 3 rings (SSSR count). The first-order chi connectivity index (χ1) is 10.5. The van der Waals surface area contributed by atoms with Gasteiger partial charge in [-0.25, -0.2) is 0 Å². The highest BCUT2D eigenvalue weighted by Crippen LogP contribution is 2.46. The van der Waals surface area contributed by atoms with Crippen molar-refractivity contribution in [3.63, 3.8) is 0 Å². The number of phenols is 2. The first-order valence-electron chi connectivity index (χ1n) is 7.70. The zero-order chi connectivity index (χ0) is 15.9. The van der Waals surface area contributed by atoms with Crippen LogP contribution in [-0.4, -0.2) is 17.3 Å². The highest BCUT2D eigenvalue weighted by Gasteiger charge is 2.33. The topological polar surface area (TPSA) is 49.7 Å². The molecule has 0 heterocycles. The fourth-order valence-electron chi connectivity index (χ4n) is 3.57. The average molecular weight is 298 g/mol. The van der Waals surface area contributed by atoms with Gasteiger partial charge in [-0.05, 0) is 59.2 Å². The van der Waals surface area contributed by atoms with Crippen LogP contribution in [0.25, 0.3) is 0 Å². The van der Waals surface area contributed by atoms with Crippen LogP contribution in [-0.2, 0) is 6.42 Å². The summed E-state index contributed by atoms with van der Waals surface area (Å²) < 4.78 is 5.25. The molecule has 0 saturated carbocycles. The molecule has 0 amide bonds. The first kappa shape index (κ1) is 14.8. The Hall–Kier alpha value is -2.16. The van der Waals surface area contributed by atoms with Gasteiger partial charge >= 0.3 is 0 Å². The van der Waals surface area contributed by atoms with Crippen molar-refractivity contribution in [2.24, 2.45) is 11.8 Å². The SMILES string of the molecule is COc1cc2c(cc1O)[C@@H](c1ccc(O)cc1)[C@H](C)[C@H](C)C2. The molecular weight excluding hydrogens is 276 g/mol. The molecule has 2 N–H and O–H groups in total. The first-order valence-corrected chi connectivity index (χ1v) is 7.70. The molecule has 0 spiro atoms. The maximum atomic E-state index is 10.2. The van der Waals surface area contributed by atoms with Crippen molar-refractivity contribution in [1.29, 1.82) is 0 Å². The lowest BCUT2D eigenvalue weighted by molar-refractivity contribution is 0.320. The van der Waals surface area contributed by atoms with E-state index in [4.69, 9.17) is 4.74 Å². The second kappa shape index (κ2) is 5.56. The maximum absolute atomic E-state index is 10.2. The minimum Gasteiger partial charge on any atom is -0.508 e. The van der Waals surface area contributed by atoms with Gasteiger partial charge in [0, 0.05) is 5.92 Å². The van der Waals surface area contributed by atoms with Gasteiger partial charge in [0.05, 0.1) is 7.11 Å². The van der Waals surface area contributed by atoms with Gasteiger partial charge in [-0.1, -0.05) is 26.0 Å². The van der Waals surface area contributed by atoms with Crippen LogP contribution in [0, 0.1) is 11.8 Å². The highest BCUT2D eigenvalue weighted by atomic mass is 16.5. The second-order valence-electron chi connectivity index (χ2n) is 6.33. The van der Waals surface area contributed by atoms with E-state index in [0.717, 1.165) is 12.0 Å². The van der Waals surface area contributed by atoms with Gasteiger partial charge in [0.25, 0.3) is 0 Å². The Morgan fingerprint density at radius 1 is 1.05 bits per heavy atom.